The smallest absolute Gasteiger partial charge is 0.308 e. The molecule has 1 spiro atoms. The summed E-state index contributed by atoms with van der Waals surface area (Å²) in [6.45, 7) is 14.7. The number of allylic oxidation sites excluding steroid dienone is 2. The van der Waals surface area contributed by atoms with Crippen LogP contribution in [0.15, 0.2) is 11.6 Å². The van der Waals surface area contributed by atoms with E-state index in [2.05, 4.69) is 34.6 Å². The minimum absolute atomic E-state index is 0.0160. The van der Waals surface area contributed by atoms with Crippen molar-refractivity contribution in [3.8, 4) is 0 Å². The molecule has 0 aromatic carbocycles. The van der Waals surface area contributed by atoms with E-state index in [1.165, 1.54) is 12.7 Å². The Hall–Kier alpha value is -1.53. The molecule has 0 N–H and O–H groups in total. The van der Waals surface area contributed by atoms with Gasteiger partial charge in [-0.25, -0.2) is 0 Å². The molecule has 0 radical (unpaired) electrons. The van der Waals surface area contributed by atoms with Crippen LogP contribution in [0.2, 0.25) is 0 Å². The highest BCUT2D eigenvalue weighted by Gasteiger charge is 2.72. The van der Waals surface area contributed by atoms with Gasteiger partial charge in [-0.3, -0.25) is 9.59 Å². The molecule has 0 aromatic heterocycles. The molecular weight excluding hydrogens is 492 g/mol. The van der Waals surface area contributed by atoms with Crippen LogP contribution >= 0.6 is 0 Å². The predicted molar refractivity (Wildman–Crippen MR) is 146 cm³/mol. The van der Waals surface area contributed by atoms with Crippen LogP contribution < -0.4 is 0 Å². The minimum Gasteiger partial charge on any atom is -0.469 e. The SMILES string of the molecule is COC(=O)[C@@H]1CC(C)(C)C[C@@H]2C1CC[C@]1(C)[C@@H]2C(=O)C=C2[C@@]3(C)CCC4(OCCO4)[C@@](C)(C=O)[C@@H]3CC[C@]21C. The zero-order chi connectivity index (χ0) is 28.2. The standard InChI is InChI=1S/C33H48O6/c1-28(2)17-21-20(22(18-28)27(36)37-7)8-10-31(5)26(21)23(35)16-25-29(3)12-13-33(38-14-15-39-33)32(6,19-34)24(29)9-11-30(25,31)4/h16,19-22,24,26H,8-15,17-18H2,1-7H3/t20?,21-,22-,24-,26+,29+,30-,31-,32+/m1/s1. The molecule has 6 heteroatoms. The number of carbonyl (C=O) groups is 3. The predicted octanol–water partition coefficient (Wildman–Crippen LogP) is 5.92. The number of rotatable bonds is 2. The maximum absolute atomic E-state index is 14.4. The highest BCUT2D eigenvalue weighted by atomic mass is 16.7. The fraction of sp³-hybridized carbons (Fsp3) is 0.848. The van der Waals surface area contributed by atoms with Crippen LogP contribution in [-0.2, 0) is 28.6 Å². The Kier molecular flexibility index (Phi) is 6.02. The van der Waals surface area contributed by atoms with E-state index in [4.69, 9.17) is 14.2 Å². The van der Waals surface area contributed by atoms with E-state index in [1.54, 1.807) is 0 Å². The van der Waals surface area contributed by atoms with Gasteiger partial charge in [0.1, 0.15) is 6.29 Å². The number of hydrogen-bond donors (Lipinski definition) is 0. The summed E-state index contributed by atoms with van der Waals surface area (Å²) in [5.41, 5.74) is -0.130. The minimum atomic E-state index is -0.854. The number of hydrogen-bond acceptors (Lipinski definition) is 6. The summed E-state index contributed by atoms with van der Waals surface area (Å²) in [4.78, 5) is 40.3. The third-order valence-corrected chi connectivity index (χ3v) is 13.5. The molecule has 4 saturated carbocycles. The Morgan fingerprint density at radius 3 is 2.28 bits per heavy atom. The molecule has 216 valence electrons. The van der Waals surface area contributed by atoms with Crippen molar-refractivity contribution in [2.45, 2.75) is 98.7 Å². The van der Waals surface area contributed by atoms with E-state index in [0.717, 1.165) is 51.2 Å². The number of methoxy groups -OCH3 is 1. The first-order valence-electron chi connectivity index (χ1n) is 15.3. The molecule has 0 amide bonds. The number of fused-ring (bicyclic) bond motifs is 7. The van der Waals surface area contributed by atoms with Gasteiger partial charge < -0.3 is 19.0 Å². The van der Waals surface area contributed by atoms with Crippen molar-refractivity contribution in [3.63, 3.8) is 0 Å². The normalized spacial score (nSPS) is 49.7. The molecule has 0 bridgehead atoms. The van der Waals surface area contributed by atoms with Gasteiger partial charge in [-0.1, -0.05) is 40.2 Å². The molecule has 9 atom stereocenters. The summed E-state index contributed by atoms with van der Waals surface area (Å²) < 4.78 is 17.7. The van der Waals surface area contributed by atoms with Crippen molar-refractivity contribution in [1.29, 1.82) is 0 Å². The second-order valence-corrected chi connectivity index (χ2v) is 15.6. The molecule has 1 aliphatic heterocycles. The van der Waals surface area contributed by atoms with E-state index >= 15 is 0 Å². The highest BCUT2D eigenvalue weighted by molar-refractivity contribution is 5.95. The number of ether oxygens (including phenoxy) is 3. The van der Waals surface area contributed by atoms with Crippen LogP contribution in [0.25, 0.3) is 0 Å². The molecule has 0 aromatic rings. The van der Waals surface area contributed by atoms with Crippen molar-refractivity contribution in [2.24, 2.45) is 56.7 Å². The zero-order valence-corrected chi connectivity index (χ0v) is 25.1. The number of ketones is 1. The summed E-state index contributed by atoms with van der Waals surface area (Å²) in [5.74, 6) is -0.526. The maximum Gasteiger partial charge on any atom is 0.308 e. The lowest BCUT2D eigenvalue weighted by Crippen LogP contribution is -2.67. The van der Waals surface area contributed by atoms with Gasteiger partial charge in [0.15, 0.2) is 11.6 Å². The highest BCUT2D eigenvalue weighted by Crippen LogP contribution is 2.75. The van der Waals surface area contributed by atoms with Crippen LogP contribution in [0.4, 0.5) is 0 Å². The summed E-state index contributed by atoms with van der Waals surface area (Å²) >= 11 is 0. The average molecular weight is 541 g/mol. The molecule has 1 heterocycles. The topological polar surface area (TPSA) is 78.9 Å². The summed E-state index contributed by atoms with van der Waals surface area (Å²) in [6.07, 6.45) is 10.2. The maximum atomic E-state index is 14.4. The van der Waals surface area contributed by atoms with Gasteiger partial charge in [0.2, 0.25) is 0 Å². The van der Waals surface area contributed by atoms with E-state index in [-0.39, 0.29) is 63.0 Å². The fourth-order valence-corrected chi connectivity index (χ4v) is 11.5. The van der Waals surface area contributed by atoms with E-state index < -0.39 is 11.2 Å². The van der Waals surface area contributed by atoms with Gasteiger partial charge in [0, 0.05) is 12.3 Å². The Morgan fingerprint density at radius 1 is 0.949 bits per heavy atom. The van der Waals surface area contributed by atoms with Crippen LogP contribution in [-0.4, -0.2) is 44.1 Å². The van der Waals surface area contributed by atoms with Gasteiger partial charge in [0.05, 0.1) is 31.7 Å². The molecule has 5 fully saturated rings. The number of esters is 1. The Balaban J connectivity index is 1.43. The lowest BCUT2D eigenvalue weighted by Gasteiger charge is -2.69. The fourth-order valence-electron chi connectivity index (χ4n) is 11.5. The number of carbonyl (C=O) groups excluding carboxylic acids is 3. The lowest BCUT2D eigenvalue weighted by molar-refractivity contribution is -0.278. The van der Waals surface area contributed by atoms with Crippen molar-refractivity contribution in [2.75, 3.05) is 20.3 Å². The second-order valence-electron chi connectivity index (χ2n) is 15.6. The van der Waals surface area contributed by atoms with Gasteiger partial charge >= 0.3 is 5.97 Å². The van der Waals surface area contributed by atoms with E-state index in [1.807, 2.05) is 13.0 Å². The molecule has 5 aliphatic carbocycles. The van der Waals surface area contributed by atoms with Gasteiger partial charge in [-0.15, -0.1) is 0 Å². The van der Waals surface area contributed by atoms with Crippen molar-refractivity contribution >= 4 is 18.0 Å². The first-order valence-corrected chi connectivity index (χ1v) is 15.3. The van der Waals surface area contributed by atoms with Gasteiger partial charge in [-0.2, -0.15) is 0 Å². The second kappa shape index (κ2) is 8.50. The molecular formula is C33H48O6. The Bertz CT molecular complexity index is 1120. The van der Waals surface area contributed by atoms with Crippen LogP contribution in [0.5, 0.6) is 0 Å². The lowest BCUT2D eigenvalue weighted by atomic mass is 9.34. The molecule has 6 nitrogen and oxygen atoms in total. The largest absolute Gasteiger partial charge is 0.469 e. The third kappa shape index (κ3) is 3.37. The first-order chi connectivity index (χ1) is 18.2. The molecule has 1 saturated heterocycles. The van der Waals surface area contributed by atoms with Crippen molar-refractivity contribution < 1.29 is 28.6 Å². The number of aldehydes is 1. The van der Waals surface area contributed by atoms with E-state index in [0.29, 0.717) is 19.6 Å². The quantitative estimate of drug-likeness (QED) is 0.320. The Morgan fingerprint density at radius 2 is 1.64 bits per heavy atom. The summed E-state index contributed by atoms with van der Waals surface area (Å²) in [7, 11) is 1.50. The van der Waals surface area contributed by atoms with Crippen LogP contribution in [0, 0.1) is 56.7 Å². The molecule has 1 unspecified atom stereocenters. The zero-order valence-electron chi connectivity index (χ0n) is 25.1. The van der Waals surface area contributed by atoms with Crippen molar-refractivity contribution in [3.05, 3.63) is 11.6 Å². The van der Waals surface area contributed by atoms with E-state index in [9.17, 15) is 14.4 Å². The van der Waals surface area contributed by atoms with Crippen LogP contribution in [0.1, 0.15) is 92.9 Å². The van der Waals surface area contributed by atoms with Crippen molar-refractivity contribution in [1.82, 2.24) is 0 Å². The van der Waals surface area contributed by atoms with Gasteiger partial charge in [-0.05, 0) is 97.4 Å². The summed E-state index contributed by atoms with van der Waals surface area (Å²) in [6, 6.07) is 0. The average Bonchev–Trinajstić information content (AvgIpc) is 3.37. The van der Waals surface area contributed by atoms with Crippen LogP contribution in [0.3, 0.4) is 0 Å². The molecule has 6 rings (SSSR count). The monoisotopic (exact) mass is 540 g/mol. The first kappa shape index (κ1) is 27.6. The molecule has 6 aliphatic rings. The summed E-state index contributed by atoms with van der Waals surface area (Å²) in [5, 5.41) is 0. The Labute approximate surface area is 234 Å². The molecule has 39 heavy (non-hydrogen) atoms. The van der Waals surface area contributed by atoms with Gasteiger partial charge in [0.25, 0.3) is 0 Å². The third-order valence-electron chi connectivity index (χ3n) is 13.5.